The second-order valence-corrected chi connectivity index (χ2v) is 7.24. The second kappa shape index (κ2) is 9.34. The van der Waals surface area contributed by atoms with Crippen molar-refractivity contribution in [3.63, 3.8) is 0 Å². The van der Waals surface area contributed by atoms with E-state index in [1.54, 1.807) is 17.0 Å². The number of hydrogen-bond acceptors (Lipinski definition) is 4. The molecule has 0 unspecified atom stereocenters. The van der Waals surface area contributed by atoms with E-state index in [1.165, 1.54) is 0 Å². The Morgan fingerprint density at radius 3 is 2.55 bits per heavy atom. The van der Waals surface area contributed by atoms with Crippen LogP contribution >= 0.6 is 0 Å². The van der Waals surface area contributed by atoms with Crippen molar-refractivity contribution in [2.24, 2.45) is 0 Å². The van der Waals surface area contributed by atoms with Crippen LogP contribution in [0.5, 0.6) is 11.5 Å². The van der Waals surface area contributed by atoms with Gasteiger partial charge in [-0.3, -0.25) is 9.59 Å². The van der Waals surface area contributed by atoms with Gasteiger partial charge in [-0.05, 0) is 42.3 Å². The van der Waals surface area contributed by atoms with E-state index < -0.39 is 0 Å². The highest BCUT2D eigenvalue weighted by Crippen LogP contribution is 2.35. The summed E-state index contributed by atoms with van der Waals surface area (Å²) >= 11 is 0. The molecule has 4 rings (SSSR count). The summed E-state index contributed by atoms with van der Waals surface area (Å²) in [6.45, 7) is 2.98. The van der Waals surface area contributed by atoms with Crippen molar-refractivity contribution in [3.05, 3.63) is 83.9 Å². The van der Waals surface area contributed by atoms with Crippen molar-refractivity contribution in [1.29, 1.82) is 0 Å². The highest BCUT2D eigenvalue weighted by Gasteiger charge is 2.26. The molecule has 0 radical (unpaired) electrons. The van der Waals surface area contributed by atoms with Crippen molar-refractivity contribution in [2.45, 2.75) is 19.9 Å². The van der Waals surface area contributed by atoms with Crippen LogP contribution in [0.2, 0.25) is 0 Å². The van der Waals surface area contributed by atoms with Gasteiger partial charge in [0, 0.05) is 11.8 Å². The van der Waals surface area contributed by atoms with Crippen LogP contribution in [0, 0.1) is 0 Å². The number of amides is 2. The average molecular weight is 416 g/mol. The Hall–Kier alpha value is -3.80. The number of nitrogens with zero attached hydrogens (tertiary/aromatic N) is 1. The zero-order valence-corrected chi connectivity index (χ0v) is 17.3. The number of hydrogen-bond donors (Lipinski definition) is 1. The van der Waals surface area contributed by atoms with Crippen LogP contribution in [0.1, 0.15) is 18.1 Å². The number of nitrogens with one attached hydrogen (secondary N) is 1. The van der Waals surface area contributed by atoms with Gasteiger partial charge in [0.1, 0.15) is 11.5 Å². The number of carbonyl (C=O) groups excluding carboxylic acids is 2. The third-order valence-corrected chi connectivity index (χ3v) is 4.97. The van der Waals surface area contributed by atoms with E-state index in [2.05, 4.69) is 5.32 Å². The molecule has 0 fully saturated rings. The molecule has 1 heterocycles. The lowest BCUT2D eigenvalue weighted by molar-refractivity contribution is -0.121. The smallest absolute Gasteiger partial charge is 0.265 e. The quantitative estimate of drug-likeness (QED) is 0.627. The maximum Gasteiger partial charge on any atom is 0.265 e. The molecule has 0 aliphatic carbocycles. The summed E-state index contributed by atoms with van der Waals surface area (Å²) in [5, 5.41) is 2.90. The molecule has 0 bridgehead atoms. The Balaban J connectivity index is 1.44. The molecule has 0 saturated carbocycles. The van der Waals surface area contributed by atoms with Crippen molar-refractivity contribution in [1.82, 2.24) is 0 Å². The lowest BCUT2D eigenvalue weighted by Crippen LogP contribution is -2.38. The lowest BCUT2D eigenvalue weighted by Gasteiger charge is -2.29. The molecule has 0 spiro atoms. The molecule has 3 aromatic carbocycles. The average Bonchev–Trinajstić information content (AvgIpc) is 2.78. The third-order valence-electron chi connectivity index (χ3n) is 4.97. The van der Waals surface area contributed by atoms with Crippen LogP contribution in [0.4, 0.5) is 11.4 Å². The molecule has 158 valence electrons. The van der Waals surface area contributed by atoms with Crippen LogP contribution in [0.25, 0.3) is 0 Å². The van der Waals surface area contributed by atoms with Crippen LogP contribution in [0.3, 0.4) is 0 Å². The minimum absolute atomic E-state index is 0.0244. The Labute approximate surface area is 181 Å². The molecule has 2 amide bonds. The van der Waals surface area contributed by atoms with Gasteiger partial charge in [0.25, 0.3) is 5.91 Å². The van der Waals surface area contributed by atoms with Gasteiger partial charge in [0.05, 0.1) is 25.3 Å². The van der Waals surface area contributed by atoms with E-state index in [1.807, 2.05) is 67.6 Å². The van der Waals surface area contributed by atoms with Gasteiger partial charge >= 0.3 is 0 Å². The molecule has 0 aromatic heterocycles. The second-order valence-electron chi connectivity index (χ2n) is 7.24. The van der Waals surface area contributed by atoms with Gasteiger partial charge in [-0.25, -0.2) is 0 Å². The van der Waals surface area contributed by atoms with Gasteiger partial charge in [-0.1, -0.05) is 42.5 Å². The van der Waals surface area contributed by atoms with Gasteiger partial charge in [0.15, 0.2) is 6.61 Å². The largest absolute Gasteiger partial charge is 0.494 e. The number of fused-ring (bicyclic) bond motifs is 1. The first kappa shape index (κ1) is 20.5. The summed E-state index contributed by atoms with van der Waals surface area (Å²) in [7, 11) is 0. The van der Waals surface area contributed by atoms with Crippen LogP contribution in [-0.4, -0.2) is 25.0 Å². The van der Waals surface area contributed by atoms with E-state index in [0.717, 1.165) is 16.9 Å². The molecular formula is C25H24N2O4. The molecule has 0 saturated heterocycles. The van der Waals surface area contributed by atoms with Crippen molar-refractivity contribution >= 4 is 23.2 Å². The van der Waals surface area contributed by atoms with Crippen molar-refractivity contribution in [3.8, 4) is 11.5 Å². The lowest BCUT2D eigenvalue weighted by atomic mass is 10.1. The zero-order chi connectivity index (χ0) is 21.6. The first-order chi connectivity index (χ1) is 15.1. The normalized spacial score (nSPS) is 12.7. The highest BCUT2D eigenvalue weighted by atomic mass is 16.5. The molecule has 1 N–H and O–H groups in total. The zero-order valence-electron chi connectivity index (χ0n) is 17.3. The number of benzene rings is 3. The SMILES string of the molecule is CCOc1ccc(CC(=O)Nc2ccc3c(c2)OCC(=O)N3Cc2ccccc2)cc1. The molecule has 6 heteroatoms. The Bertz CT molecular complexity index is 1060. The third kappa shape index (κ3) is 5.04. The maximum atomic E-state index is 12.5. The minimum atomic E-state index is -0.128. The fraction of sp³-hybridized carbons (Fsp3) is 0.200. The molecule has 6 nitrogen and oxygen atoms in total. The highest BCUT2D eigenvalue weighted by molar-refractivity contribution is 5.99. The summed E-state index contributed by atoms with van der Waals surface area (Å²) < 4.78 is 11.0. The summed E-state index contributed by atoms with van der Waals surface area (Å²) in [6, 6.07) is 22.6. The van der Waals surface area contributed by atoms with E-state index in [9.17, 15) is 9.59 Å². The minimum Gasteiger partial charge on any atom is -0.494 e. The Morgan fingerprint density at radius 2 is 1.81 bits per heavy atom. The summed E-state index contributed by atoms with van der Waals surface area (Å²) in [4.78, 5) is 26.6. The number of carbonyl (C=O) groups is 2. The predicted molar refractivity (Wildman–Crippen MR) is 120 cm³/mol. The van der Waals surface area contributed by atoms with Crippen LogP contribution in [-0.2, 0) is 22.6 Å². The predicted octanol–water partition coefficient (Wildman–Crippen LogP) is 4.19. The molecule has 3 aromatic rings. The van der Waals surface area contributed by atoms with Crippen molar-refractivity contribution < 1.29 is 19.1 Å². The van der Waals surface area contributed by atoms with E-state index in [0.29, 0.717) is 30.3 Å². The van der Waals surface area contributed by atoms with E-state index in [-0.39, 0.29) is 24.8 Å². The summed E-state index contributed by atoms with van der Waals surface area (Å²) in [5.74, 6) is 1.14. The fourth-order valence-electron chi connectivity index (χ4n) is 3.48. The molecule has 31 heavy (non-hydrogen) atoms. The summed E-state index contributed by atoms with van der Waals surface area (Å²) in [6.07, 6.45) is 0.253. The van der Waals surface area contributed by atoms with Crippen LogP contribution in [0.15, 0.2) is 72.8 Å². The number of anilines is 2. The Kier molecular flexibility index (Phi) is 6.17. The topological polar surface area (TPSA) is 67.9 Å². The number of ether oxygens (including phenoxy) is 2. The maximum absolute atomic E-state index is 12.5. The first-order valence-electron chi connectivity index (χ1n) is 10.2. The number of rotatable bonds is 7. The Morgan fingerprint density at radius 1 is 1.03 bits per heavy atom. The molecule has 0 atom stereocenters. The molecular weight excluding hydrogens is 392 g/mol. The summed E-state index contributed by atoms with van der Waals surface area (Å²) in [5.41, 5.74) is 3.26. The van der Waals surface area contributed by atoms with Crippen molar-refractivity contribution in [2.75, 3.05) is 23.4 Å². The van der Waals surface area contributed by atoms with E-state index >= 15 is 0 Å². The first-order valence-corrected chi connectivity index (χ1v) is 10.2. The van der Waals surface area contributed by atoms with Gasteiger partial charge in [0.2, 0.25) is 5.91 Å². The van der Waals surface area contributed by atoms with Gasteiger partial charge in [-0.15, -0.1) is 0 Å². The van der Waals surface area contributed by atoms with Gasteiger partial charge < -0.3 is 19.7 Å². The standard InChI is InChI=1S/C25H24N2O4/c1-2-30-21-11-8-18(9-12-21)14-24(28)26-20-10-13-22-23(15-20)31-17-25(29)27(22)16-19-6-4-3-5-7-19/h3-13,15H,2,14,16-17H2,1H3,(H,26,28). The molecule has 1 aliphatic rings. The fourth-order valence-corrected chi connectivity index (χ4v) is 3.48. The van der Waals surface area contributed by atoms with E-state index in [4.69, 9.17) is 9.47 Å². The van der Waals surface area contributed by atoms with Crippen LogP contribution < -0.4 is 19.7 Å². The monoisotopic (exact) mass is 416 g/mol. The molecule has 1 aliphatic heterocycles. The van der Waals surface area contributed by atoms with Gasteiger partial charge in [-0.2, -0.15) is 0 Å².